The zero-order valence-corrected chi connectivity index (χ0v) is 18.5. The van der Waals surface area contributed by atoms with Crippen molar-refractivity contribution in [3.63, 3.8) is 0 Å². The highest BCUT2D eigenvalue weighted by molar-refractivity contribution is 5.94. The van der Waals surface area contributed by atoms with Crippen molar-refractivity contribution in [3.05, 3.63) is 70.8 Å². The first-order chi connectivity index (χ1) is 14.0. The van der Waals surface area contributed by atoms with Crippen LogP contribution in [-0.4, -0.2) is 24.8 Å². The third-order valence-electron chi connectivity index (χ3n) is 4.59. The van der Waals surface area contributed by atoms with E-state index in [1.165, 1.54) is 24.0 Å². The van der Waals surface area contributed by atoms with E-state index in [-0.39, 0.29) is 11.6 Å². The fourth-order valence-electron chi connectivity index (χ4n) is 2.90. The molecule has 3 heteroatoms. The molecule has 0 aliphatic rings. The van der Waals surface area contributed by atoms with Crippen LogP contribution < -0.4 is 0 Å². The second-order valence-corrected chi connectivity index (χ2v) is 7.33. The van der Waals surface area contributed by atoms with Gasteiger partial charge in [-0.3, -0.25) is 9.59 Å². The van der Waals surface area contributed by atoms with Gasteiger partial charge in [-0.25, -0.2) is 0 Å². The highest BCUT2D eigenvalue weighted by atomic mass is 16.5. The van der Waals surface area contributed by atoms with Crippen LogP contribution in [0.5, 0.6) is 0 Å². The Balaban J connectivity index is 0.000000296. The van der Waals surface area contributed by atoms with Crippen LogP contribution >= 0.6 is 0 Å². The van der Waals surface area contributed by atoms with E-state index in [0.717, 1.165) is 50.0 Å². The Morgan fingerprint density at radius 3 is 1.69 bits per heavy atom. The lowest BCUT2D eigenvalue weighted by Crippen LogP contribution is -1.99. The van der Waals surface area contributed by atoms with Crippen molar-refractivity contribution in [3.8, 4) is 0 Å². The molecule has 2 aromatic carbocycles. The Morgan fingerprint density at radius 2 is 1.24 bits per heavy atom. The average Bonchev–Trinajstić information content (AvgIpc) is 2.73. The molecule has 0 aliphatic heterocycles. The summed E-state index contributed by atoms with van der Waals surface area (Å²) in [5.41, 5.74) is 4.11. The lowest BCUT2D eigenvalue weighted by atomic mass is 10.0. The Morgan fingerprint density at radius 1 is 0.724 bits per heavy atom. The van der Waals surface area contributed by atoms with Crippen LogP contribution in [0.2, 0.25) is 0 Å². The summed E-state index contributed by atoms with van der Waals surface area (Å²) in [4.78, 5) is 22.3. The molecule has 0 fully saturated rings. The van der Waals surface area contributed by atoms with Crippen LogP contribution in [0.3, 0.4) is 0 Å². The minimum Gasteiger partial charge on any atom is -0.381 e. The van der Waals surface area contributed by atoms with Crippen molar-refractivity contribution in [2.75, 3.05) is 13.2 Å². The molecule has 0 unspecified atom stereocenters. The number of carbonyl (C=O) groups is 2. The third-order valence-corrected chi connectivity index (χ3v) is 4.59. The fourth-order valence-corrected chi connectivity index (χ4v) is 2.90. The van der Waals surface area contributed by atoms with E-state index in [1.54, 1.807) is 13.8 Å². The fraction of sp³-hybridized carbons (Fsp3) is 0.462. The van der Waals surface area contributed by atoms with Gasteiger partial charge in [-0.1, -0.05) is 56.7 Å². The number of benzene rings is 2. The maximum Gasteiger partial charge on any atom is 0.159 e. The smallest absolute Gasteiger partial charge is 0.159 e. The van der Waals surface area contributed by atoms with Crippen LogP contribution in [0.4, 0.5) is 0 Å². The molecule has 0 bridgehead atoms. The highest BCUT2D eigenvalue weighted by Crippen LogP contribution is 2.09. The zero-order chi connectivity index (χ0) is 21.5. The molecular weight excluding hydrogens is 360 g/mol. The molecule has 0 radical (unpaired) electrons. The summed E-state index contributed by atoms with van der Waals surface area (Å²) >= 11 is 0. The predicted octanol–water partition coefficient (Wildman–Crippen LogP) is 6.48. The first-order valence-electron chi connectivity index (χ1n) is 10.7. The Kier molecular flexibility index (Phi) is 12.6. The number of aryl methyl sites for hydroxylation is 2. The second kappa shape index (κ2) is 14.7. The van der Waals surface area contributed by atoms with Crippen LogP contribution in [0.25, 0.3) is 0 Å². The van der Waals surface area contributed by atoms with Gasteiger partial charge in [-0.15, -0.1) is 0 Å². The standard InChI is InChI=1S/C14H20O2.C12H16O/c1-3-9-16-10-5-7-13-6-4-8-14(11-13)12(2)15;1-3-4-6-11-7-5-8-12(9-11)10(2)13/h4,6,8,11H,3,5,7,9-10H2,1-2H3;5,7-9H,3-4,6H2,1-2H3. The Bertz CT molecular complexity index is 749. The first kappa shape index (κ1) is 24.8. The van der Waals surface area contributed by atoms with Gasteiger partial charge < -0.3 is 4.74 Å². The maximum atomic E-state index is 11.2. The molecule has 3 nitrogen and oxygen atoms in total. The topological polar surface area (TPSA) is 43.4 Å². The molecule has 0 amide bonds. The van der Waals surface area contributed by atoms with Gasteiger partial charge in [0.15, 0.2) is 11.6 Å². The van der Waals surface area contributed by atoms with Crippen LogP contribution in [0.15, 0.2) is 48.5 Å². The quantitative estimate of drug-likeness (QED) is 0.322. The molecule has 0 atom stereocenters. The van der Waals surface area contributed by atoms with E-state index in [0.29, 0.717) is 0 Å². The molecule has 0 aliphatic carbocycles. The summed E-state index contributed by atoms with van der Waals surface area (Å²) in [5, 5.41) is 0. The monoisotopic (exact) mass is 396 g/mol. The molecule has 0 spiro atoms. The minimum atomic E-state index is 0.129. The van der Waals surface area contributed by atoms with Crippen molar-refractivity contribution in [1.82, 2.24) is 0 Å². The van der Waals surface area contributed by atoms with Crippen LogP contribution in [0.1, 0.15) is 85.2 Å². The number of hydrogen-bond acceptors (Lipinski definition) is 3. The zero-order valence-electron chi connectivity index (χ0n) is 18.5. The summed E-state index contributed by atoms with van der Waals surface area (Å²) in [6, 6.07) is 15.8. The molecule has 0 saturated heterocycles. The summed E-state index contributed by atoms with van der Waals surface area (Å²) in [6.45, 7) is 9.14. The van der Waals surface area contributed by atoms with E-state index in [4.69, 9.17) is 4.74 Å². The number of ether oxygens (including phenoxy) is 1. The van der Waals surface area contributed by atoms with Gasteiger partial charge in [-0.2, -0.15) is 0 Å². The molecule has 0 saturated carbocycles. The molecule has 0 heterocycles. The SMILES string of the molecule is CCCCc1cccc(C(C)=O)c1.CCCOCCCc1cccc(C(C)=O)c1. The van der Waals surface area contributed by atoms with Crippen molar-refractivity contribution in [2.45, 2.75) is 66.2 Å². The van der Waals surface area contributed by atoms with E-state index in [2.05, 4.69) is 26.0 Å². The lowest BCUT2D eigenvalue weighted by Gasteiger charge is -2.04. The van der Waals surface area contributed by atoms with Gasteiger partial charge in [0.25, 0.3) is 0 Å². The number of Topliss-reactive ketones (excluding diaryl/α,β-unsaturated/α-hetero) is 2. The molecular formula is C26H36O3. The van der Waals surface area contributed by atoms with Gasteiger partial charge in [0, 0.05) is 24.3 Å². The molecule has 158 valence electrons. The largest absolute Gasteiger partial charge is 0.381 e. The number of rotatable bonds is 11. The van der Waals surface area contributed by atoms with Crippen molar-refractivity contribution in [2.24, 2.45) is 0 Å². The van der Waals surface area contributed by atoms with Crippen LogP contribution in [-0.2, 0) is 17.6 Å². The summed E-state index contributed by atoms with van der Waals surface area (Å²) in [7, 11) is 0. The minimum absolute atomic E-state index is 0.129. The van der Waals surface area contributed by atoms with E-state index in [1.807, 2.05) is 36.4 Å². The van der Waals surface area contributed by atoms with Crippen LogP contribution in [0, 0.1) is 0 Å². The Labute approximate surface area is 176 Å². The van der Waals surface area contributed by atoms with E-state index < -0.39 is 0 Å². The summed E-state index contributed by atoms with van der Waals surface area (Å²) in [6.07, 6.45) is 6.54. The molecule has 0 N–H and O–H groups in total. The van der Waals surface area contributed by atoms with Gasteiger partial charge in [-0.05, 0) is 69.2 Å². The van der Waals surface area contributed by atoms with Gasteiger partial charge >= 0.3 is 0 Å². The predicted molar refractivity (Wildman–Crippen MR) is 121 cm³/mol. The summed E-state index contributed by atoms with van der Waals surface area (Å²) in [5.74, 6) is 0.280. The molecule has 29 heavy (non-hydrogen) atoms. The second-order valence-electron chi connectivity index (χ2n) is 7.33. The lowest BCUT2D eigenvalue weighted by molar-refractivity contribution is 0.100. The number of hydrogen-bond donors (Lipinski definition) is 0. The highest BCUT2D eigenvalue weighted by Gasteiger charge is 2.01. The molecule has 2 rings (SSSR count). The van der Waals surface area contributed by atoms with Gasteiger partial charge in [0.1, 0.15) is 0 Å². The van der Waals surface area contributed by atoms with Gasteiger partial charge in [0.2, 0.25) is 0 Å². The average molecular weight is 397 g/mol. The first-order valence-corrected chi connectivity index (χ1v) is 10.7. The van der Waals surface area contributed by atoms with Crippen molar-refractivity contribution in [1.29, 1.82) is 0 Å². The third kappa shape index (κ3) is 10.7. The molecule has 0 aromatic heterocycles. The van der Waals surface area contributed by atoms with E-state index in [9.17, 15) is 9.59 Å². The normalized spacial score (nSPS) is 10.2. The Hall–Kier alpha value is -2.26. The number of unbranched alkanes of at least 4 members (excludes halogenated alkanes) is 1. The van der Waals surface area contributed by atoms with E-state index >= 15 is 0 Å². The van der Waals surface area contributed by atoms with Crippen molar-refractivity contribution < 1.29 is 14.3 Å². The maximum absolute atomic E-state index is 11.2. The number of carbonyl (C=O) groups excluding carboxylic acids is 2. The van der Waals surface area contributed by atoms with Gasteiger partial charge in [0.05, 0.1) is 0 Å². The van der Waals surface area contributed by atoms with Crippen molar-refractivity contribution >= 4 is 11.6 Å². The number of ketones is 2. The molecule has 2 aromatic rings. The summed E-state index contributed by atoms with van der Waals surface area (Å²) < 4.78 is 5.42.